The van der Waals surface area contributed by atoms with Gasteiger partial charge in [-0.15, -0.1) is 6.58 Å². The Labute approximate surface area is 145 Å². The number of unbranched alkanes of at least 4 members (excludes halogenated alkanes) is 6. The van der Waals surface area contributed by atoms with Crippen molar-refractivity contribution >= 4 is 6.98 Å². The van der Waals surface area contributed by atoms with E-state index in [4.69, 9.17) is 5.11 Å². The third kappa shape index (κ3) is 13.4. The summed E-state index contributed by atoms with van der Waals surface area (Å²) in [5.74, 6) is 0. The fraction of sp³-hybridized carbons (Fsp3) is 0.818. The van der Waals surface area contributed by atoms with E-state index in [0.717, 1.165) is 38.5 Å². The van der Waals surface area contributed by atoms with Crippen LogP contribution >= 0.6 is 0 Å². The average molecular weight is 276 g/mol. The van der Waals surface area contributed by atoms with Crippen molar-refractivity contribution in [3.05, 3.63) is 12.7 Å². The van der Waals surface area contributed by atoms with Gasteiger partial charge in [-0.25, -0.2) is 0 Å². The van der Waals surface area contributed by atoms with E-state index >= 15 is 0 Å². The molecule has 0 aromatic heterocycles. The predicted molar refractivity (Wildman–Crippen MR) is 62.2 cm³/mol. The SMILES string of the molecule is C=CCCCCCCCCC(O)[B-](F)(F)F.[K+]. The smallest absolute Gasteiger partial charge is 0.447 e. The van der Waals surface area contributed by atoms with Crippen molar-refractivity contribution in [2.24, 2.45) is 0 Å². The fourth-order valence-corrected chi connectivity index (χ4v) is 1.54. The molecule has 1 atom stereocenters. The number of aliphatic hydroxyl groups is 1. The van der Waals surface area contributed by atoms with Gasteiger partial charge in [-0.1, -0.05) is 44.6 Å². The number of halogens is 3. The van der Waals surface area contributed by atoms with Gasteiger partial charge in [0, 0.05) is 6.00 Å². The van der Waals surface area contributed by atoms with E-state index in [2.05, 4.69) is 6.58 Å². The Balaban J connectivity index is 0. The number of hydrogen-bond acceptors (Lipinski definition) is 1. The van der Waals surface area contributed by atoms with Gasteiger partial charge in [-0.3, -0.25) is 0 Å². The second-order valence-corrected chi connectivity index (χ2v) is 4.18. The minimum absolute atomic E-state index is 0. The molecule has 1 nitrogen and oxygen atoms in total. The molecule has 0 fully saturated rings. The van der Waals surface area contributed by atoms with Crippen LogP contribution in [0.15, 0.2) is 12.7 Å². The Morgan fingerprint density at radius 2 is 1.47 bits per heavy atom. The van der Waals surface area contributed by atoms with Gasteiger partial charge in [0.25, 0.3) is 0 Å². The molecule has 0 aromatic rings. The molecule has 17 heavy (non-hydrogen) atoms. The zero-order valence-electron chi connectivity index (χ0n) is 10.7. The fourth-order valence-electron chi connectivity index (χ4n) is 1.54. The van der Waals surface area contributed by atoms with Gasteiger partial charge >= 0.3 is 58.4 Å². The minimum atomic E-state index is -5.06. The summed E-state index contributed by atoms with van der Waals surface area (Å²) >= 11 is 0. The molecule has 0 aliphatic rings. The number of allylic oxidation sites excluding steroid dienone is 1. The van der Waals surface area contributed by atoms with E-state index in [9.17, 15) is 12.9 Å². The topological polar surface area (TPSA) is 20.2 Å². The maximum atomic E-state index is 12.0. The van der Waals surface area contributed by atoms with Gasteiger partial charge in [-0.05, 0) is 12.8 Å². The molecule has 0 saturated carbocycles. The summed E-state index contributed by atoms with van der Waals surface area (Å²) in [6.07, 6.45) is 8.21. The first kappa shape index (κ1) is 20.5. The third-order valence-corrected chi connectivity index (χ3v) is 2.59. The first-order valence-electron chi connectivity index (χ1n) is 5.97. The first-order chi connectivity index (χ1) is 7.48. The Hall–Kier alpha value is 1.19. The van der Waals surface area contributed by atoms with E-state index in [1.54, 1.807) is 0 Å². The molecule has 0 aliphatic heterocycles. The second kappa shape index (κ2) is 12.2. The van der Waals surface area contributed by atoms with Crippen LogP contribution in [0.2, 0.25) is 0 Å². The molecular formula is C11H21BF3KO. The van der Waals surface area contributed by atoms with E-state index in [1.807, 2.05) is 6.08 Å². The van der Waals surface area contributed by atoms with Gasteiger partial charge in [0.1, 0.15) is 0 Å². The zero-order chi connectivity index (χ0) is 12.4. The molecule has 0 aromatic carbocycles. The van der Waals surface area contributed by atoms with E-state index in [1.165, 1.54) is 0 Å². The molecule has 6 heteroatoms. The Bertz CT molecular complexity index is 188. The summed E-state index contributed by atoms with van der Waals surface area (Å²) in [6.45, 7) is -1.44. The normalized spacial score (nSPS) is 12.9. The van der Waals surface area contributed by atoms with Crippen LogP contribution < -0.4 is 51.4 Å². The maximum Gasteiger partial charge on any atom is 1.00 e. The summed E-state index contributed by atoms with van der Waals surface area (Å²) in [5, 5.41) is 8.75. The minimum Gasteiger partial charge on any atom is -0.447 e. The van der Waals surface area contributed by atoms with Crippen molar-refractivity contribution in [2.45, 2.75) is 57.4 Å². The molecular weight excluding hydrogens is 255 g/mol. The molecule has 0 amide bonds. The van der Waals surface area contributed by atoms with Crippen molar-refractivity contribution in [1.29, 1.82) is 0 Å². The predicted octanol–water partition coefficient (Wildman–Crippen LogP) is 1.04. The Morgan fingerprint density at radius 3 is 1.94 bits per heavy atom. The van der Waals surface area contributed by atoms with Crippen molar-refractivity contribution in [1.82, 2.24) is 0 Å². The third-order valence-electron chi connectivity index (χ3n) is 2.59. The number of hydrogen-bond donors (Lipinski definition) is 1. The van der Waals surface area contributed by atoms with Crippen molar-refractivity contribution < 1.29 is 69.4 Å². The van der Waals surface area contributed by atoms with Crippen LogP contribution in [0, 0.1) is 0 Å². The average Bonchev–Trinajstić information content (AvgIpc) is 2.20. The second-order valence-electron chi connectivity index (χ2n) is 4.18. The summed E-state index contributed by atoms with van der Waals surface area (Å²) in [4.78, 5) is 0. The van der Waals surface area contributed by atoms with Gasteiger partial charge in [0.05, 0.1) is 0 Å². The van der Waals surface area contributed by atoms with Crippen LogP contribution in [-0.2, 0) is 0 Å². The number of aliphatic hydroxyl groups excluding tert-OH is 1. The molecule has 0 aliphatic carbocycles. The first-order valence-corrected chi connectivity index (χ1v) is 5.97. The summed E-state index contributed by atoms with van der Waals surface area (Å²) in [6, 6.07) is -2.08. The largest absolute Gasteiger partial charge is 1.00 e. The summed E-state index contributed by atoms with van der Waals surface area (Å²) in [5.41, 5.74) is 0. The molecule has 0 rings (SSSR count). The Morgan fingerprint density at radius 1 is 1.00 bits per heavy atom. The monoisotopic (exact) mass is 276 g/mol. The van der Waals surface area contributed by atoms with E-state index < -0.39 is 13.0 Å². The Kier molecular flexibility index (Phi) is 14.8. The molecule has 1 N–H and O–H groups in total. The zero-order valence-corrected chi connectivity index (χ0v) is 13.8. The molecule has 0 spiro atoms. The van der Waals surface area contributed by atoms with Gasteiger partial charge in [0.15, 0.2) is 0 Å². The van der Waals surface area contributed by atoms with Crippen LogP contribution in [-0.4, -0.2) is 18.1 Å². The van der Waals surface area contributed by atoms with Crippen molar-refractivity contribution in [3.63, 3.8) is 0 Å². The molecule has 96 valence electrons. The van der Waals surface area contributed by atoms with Crippen LogP contribution in [0.1, 0.15) is 51.4 Å². The maximum absolute atomic E-state index is 12.0. The van der Waals surface area contributed by atoms with Gasteiger partial charge in [0.2, 0.25) is 0 Å². The quantitative estimate of drug-likeness (QED) is 0.359. The molecule has 0 heterocycles. The molecule has 0 radical (unpaired) electrons. The van der Waals surface area contributed by atoms with Crippen LogP contribution in [0.25, 0.3) is 0 Å². The summed E-state index contributed by atoms with van der Waals surface area (Å²) < 4.78 is 35.9. The van der Waals surface area contributed by atoms with Crippen molar-refractivity contribution in [2.75, 3.05) is 0 Å². The number of rotatable bonds is 10. The molecule has 0 saturated heterocycles. The molecule has 0 bridgehead atoms. The van der Waals surface area contributed by atoms with Gasteiger partial charge < -0.3 is 18.1 Å². The van der Waals surface area contributed by atoms with Crippen molar-refractivity contribution in [3.8, 4) is 0 Å². The van der Waals surface area contributed by atoms with Crippen LogP contribution in [0.4, 0.5) is 12.9 Å². The van der Waals surface area contributed by atoms with Crippen LogP contribution in [0.3, 0.4) is 0 Å². The van der Waals surface area contributed by atoms with Crippen LogP contribution in [0.5, 0.6) is 0 Å². The standard InChI is InChI=1S/C11H21BF3O.K/c1-2-3-4-5-6-7-8-9-10-11(16)12(13,14)15;/h2,11,16H,1,3-10H2;/q-1;+1. The van der Waals surface area contributed by atoms with Gasteiger partial charge in [-0.2, -0.15) is 0 Å². The van der Waals surface area contributed by atoms with E-state index in [-0.39, 0.29) is 57.8 Å². The van der Waals surface area contributed by atoms with E-state index in [0.29, 0.717) is 6.42 Å². The summed E-state index contributed by atoms with van der Waals surface area (Å²) in [7, 11) is 0. The molecule has 1 unspecified atom stereocenters.